The molecule has 0 aliphatic carbocycles. The molecule has 0 radical (unpaired) electrons. The number of pyridine rings is 1. The summed E-state index contributed by atoms with van der Waals surface area (Å²) in [6.45, 7) is 4.09. The molecule has 0 saturated carbocycles. The van der Waals surface area contributed by atoms with Crippen LogP contribution in [-0.2, 0) is 0 Å². The number of aryl methyl sites for hydroxylation is 1. The fraction of sp³-hybridized carbons (Fsp3) is 0.250. The van der Waals surface area contributed by atoms with Gasteiger partial charge in [-0.15, -0.1) is 11.3 Å². The Kier molecular flexibility index (Phi) is 3.46. The minimum absolute atomic E-state index is 0.229. The van der Waals surface area contributed by atoms with Gasteiger partial charge in [-0.2, -0.15) is 0 Å². The fourth-order valence-corrected chi connectivity index (χ4v) is 2.54. The van der Waals surface area contributed by atoms with Crippen molar-refractivity contribution in [2.45, 2.75) is 19.9 Å². The number of aromatic nitrogens is 1. The molecule has 0 aliphatic rings. The SMILES string of the molecule is Cc1cccc(NC(C)c2ccc(Cl)s2)n1. The molecule has 1 unspecified atom stereocenters. The Labute approximate surface area is 104 Å². The maximum atomic E-state index is 5.91. The third kappa shape index (κ3) is 2.74. The van der Waals surface area contributed by atoms with E-state index in [1.807, 2.05) is 37.3 Å². The molecule has 4 heteroatoms. The zero-order valence-corrected chi connectivity index (χ0v) is 10.8. The topological polar surface area (TPSA) is 24.9 Å². The molecule has 2 nitrogen and oxygen atoms in total. The first kappa shape index (κ1) is 11.4. The van der Waals surface area contributed by atoms with E-state index in [1.165, 1.54) is 4.88 Å². The molecule has 0 amide bonds. The van der Waals surface area contributed by atoms with Gasteiger partial charge in [0.2, 0.25) is 0 Å². The van der Waals surface area contributed by atoms with E-state index in [4.69, 9.17) is 11.6 Å². The van der Waals surface area contributed by atoms with Gasteiger partial charge < -0.3 is 5.32 Å². The van der Waals surface area contributed by atoms with E-state index < -0.39 is 0 Å². The van der Waals surface area contributed by atoms with Gasteiger partial charge in [0, 0.05) is 10.6 Å². The minimum Gasteiger partial charge on any atom is -0.363 e. The lowest BCUT2D eigenvalue weighted by atomic mass is 10.2. The Hall–Kier alpha value is -1.06. The summed E-state index contributed by atoms with van der Waals surface area (Å²) in [5, 5.41) is 3.35. The molecule has 0 spiro atoms. The highest BCUT2D eigenvalue weighted by Crippen LogP contribution is 2.28. The van der Waals surface area contributed by atoms with Gasteiger partial charge in [0.25, 0.3) is 0 Å². The first-order chi connectivity index (χ1) is 7.65. The first-order valence-electron chi connectivity index (χ1n) is 5.10. The lowest BCUT2D eigenvalue weighted by molar-refractivity contribution is 0.894. The summed E-state index contributed by atoms with van der Waals surface area (Å²) >= 11 is 7.50. The highest BCUT2D eigenvalue weighted by molar-refractivity contribution is 7.16. The van der Waals surface area contributed by atoms with Gasteiger partial charge in [0.15, 0.2) is 0 Å². The van der Waals surface area contributed by atoms with Crippen LogP contribution in [0.3, 0.4) is 0 Å². The van der Waals surface area contributed by atoms with Crippen LogP contribution in [0.25, 0.3) is 0 Å². The van der Waals surface area contributed by atoms with Crippen molar-refractivity contribution < 1.29 is 0 Å². The summed E-state index contributed by atoms with van der Waals surface area (Å²) < 4.78 is 0.820. The largest absolute Gasteiger partial charge is 0.363 e. The number of halogens is 1. The van der Waals surface area contributed by atoms with Crippen LogP contribution < -0.4 is 5.32 Å². The second-order valence-corrected chi connectivity index (χ2v) is 5.42. The predicted molar refractivity (Wildman–Crippen MR) is 70.3 cm³/mol. The highest BCUT2D eigenvalue weighted by atomic mass is 35.5. The van der Waals surface area contributed by atoms with Gasteiger partial charge in [0.1, 0.15) is 5.82 Å². The third-order valence-electron chi connectivity index (χ3n) is 2.27. The van der Waals surface area contributed by atoms with Crippen molar-refractivity contribution >= 4 is 28.8 Å². The number of rotatable bonds is 3. The maximum Gasteiger partial charge on any atom is 0.126 e. The van der Waals surface area contributed by atoms with Crippen molar-refractivity contribution in [3.63, 3.8) is 0 Å². The zero-order chi connectivity index (χ0) is 11.5. The molecule has 2 heterocycles. The van der Waals surface area contributed by atoms with Gasteiger partial charge in [-0.1, -0.05) is 17.7 Å². The molecule has 84 valence electrons. The molecule has 16 heavy (non-hydrogen) atoms. The van der Waals surface area contributed by atoms with Crippen molar-refractivity contribution in [1.82, 2.24) is 4.98 Å². The first-order valence-corrected chi connectivity index (χ1v) is 6.30. The van der Waals surface area contributed by atoms with Gasteiger partial charge in [-0.25, -0.2) is 4.98 Å². The summed E-state index contributed by atoms with van der Waals surface area (Å²) in [7, 11) is 0. The molecular weight excluding hydrogens is 240 g/mol. The van der Waals surface area contributed by atoms with E-state index in [0.29, 0.717) is 0 Å². The van der Waals surface area contributed by atoms with Crippen molar-refractivity contribution in [1.29, 1.82) is 0 Å². The summed E-state index contributed by atoms with van der Waals surface area (Å²) in [4.78, 5) is 5.62. The van der Waals surface area contributed by atoms with Crippen molar-refractivity contribution in [3.8, 4) is 0 Å². The van der Waals surface area contributed by atoms with E-state index in [2.05, 4.69) is 17.2 Å². The van der Waals surface area contributed by atoms with Crippen molar-refractivity contribution in [3.05, 3.63) is 45.2 Å². The van der Waals surface area contributed by atoms with Gasteiger partial charge >= 0.3 is 0 Å². The Bertz CT molecular complexity index is 481. The van der Waals surface area contributed by atoms with Crippen LogP contribution in [0.2, 0.25) is 4.34 Å². The number of anilines is 1. The molecule has 0 saturated heterocycles. The Morgan fingerprint density at radius 3 is 2.75 bits per heavy atom. The summed E-state index contributed by atoms with van der Waals surface area (Å²) in [5.41, 5.74) is 1.02. The fourth-order valence-electron chi connectivity index (χ4n) is 1.48. The molecule has 0 aliphatic heterocycles. The number of hydrogen-bond acceptors (Lipinski definition) is 3. The molecule has 0 fully saturated rings. The van der Waals surface area contributed by atoms with E-state index in [0.717, 1.165) is 15.8 Å². The maximum absolute atomic E-state index is 5.91. The Balaban J connectivity index is 2.10. The highest BCUT2D eigenvalue weighted by Gasteiger charge is 2.08. The van der Waals surface area contributed by atoms with E-state index in [1.54, 1.807) is 11.3 Å². The van der Waals surface area contributed by atoms with Gasteiger partial charge in [-0.05, 0) is 38.1 Å². The number of nitrogens with one attached hydrogen (secondary N) is 1. The lowest BCUT2D eigenvalue weighted by Crippen LogP contribution is -2.06. The molecule has 0 bridgehead atoms. The lowest BCUT2D eigenvalue weighted by Gasteiger charge is -2.12. The molecular formula is C12H13ClN2S. The Morgan fingerprint density at radius 2 is 2.12 bits per heavy atom. The average molecular weight is 253 g/mol. The van der Waals surface area contributed by atoms with E-state index in [9.17, 15) is 0 Å². The number of thiophene rings is 1. The Morgan fingerprint density at radius 1 is 1.31 bits per heavy atom. The monoisotopic (exact) mass is 252 g/mol. The van der Waals surface area contributed by atoms with Crippen LogP contribution in [-0.4, -0.2) is 4.98 Å². The van der Waals surface area contributed by atoms with Gasteiger partial charge in [-0.3, -0.25) is 0 Å². The summed E-state index contributed by atoms with van der Waals surface area (Å²) in [6, 6.07) is 10.1. The second kappa shape index (κ2) is 4.85. The molecule has 2 aromatic rings. The van der Waals surface area contributed by atoms with Crippen LogP contribution >= 0.6 is 22.9 Å². The quantitative estimate of drug-likeness (QED) is 0.882. The van der Waals surface area contributed by atoms with Gasteiger partial charge in [0.05, 0.1) is 10.4 Å². The van der Waals surface area contributed by atoms with Crippen LogP contribution in [0.4, 0.5) is 5.82 Å². The molecule has 2 aromatic heterocycles. The summed E-state index contributed by atoms with van der Waals surface area (Å²) in [5.74, 6) is 0.900. The average Bonchev–Trinajstić information content (AvgIpc) is 2.65. The number of hydrogen-bond donors (Lipinski definition) is 1. The van der Waals surface area contributed by atoms with Crippen LogP contribution in [0.1, 0.15) is 23.5 Å². The predicted octanol–water partition coefficient (Wildman–Crippen LogP) is 4.28. The molecule has 2 rings (SSSR count). The van der Waals surface area contributed by atoms with Crippen LogP contribution in [0, 0.1) is 6.92 Å². The zero-order valence-electron chi connectivity index (χ0n) is 9.20. The smallest absolute Gasteiger partial charge is 0.126 e. The standard InChI is InChI=1S/C12H13ClN2S/c1-8-4-3-5-12(14-8)15-9(2)10-6-7-11(13)16-10/h3-7,9H,1-2H3,(H,14,15). The van der Waals surface area contributed by atoms with E-state index >= 15 is 0 Å². The minimum atomic E-state index is 0.229. The molecule has 1 N–H and O–H groups in total. The summed E-state index contributed by atoms with van der Waals surface area (Å²) in [6.07, 6.45) is 0. The second-order valence-electron chi connectivity index (χ2n) is 3.67. The normalized spacial score (nSPS) is 12.4. The molecule has 0 aromatic carbocycles. The van der Waals surface area contributed by atoms with Crippen molar-refractivity contribution in [2.75, 3.05) is 5.32 Å². The van der Waals surface area contributed by atoms with Crippen molar-refractivity contribution in [2.24, 2.45) is 0 Å². The number of nitrogens with zero attached hydrogens (tertiary/aromatic N) is 1. The molecule has 1 atom stereocenters. The van der Waals surface area contributed by atoms with Crippen LogP contribution in [0.5, 0.6) is 0 Å². The van der Waals surface area contributed by atoms with E-state index in [-0.39, 0.29) is 6.04 Å². The third-order valence-corrected chi connectivity index (χ3v) is 3.69. The van der Waals surface area contributed by atoms with Crippen LogP contribution in [0.15, 0.2) is 30.3 Å².